The molecule has 0 saturated carbocycles. The third-order valence-corrected chi connectivity index (χ3v) is 5.68. The van der Waals surface area contributed by atoms with Crippen LogP contribution in [0.5, 0.6) is 23.0 Å². The van der Waals surface area contributed by atoms with Crippen LogP contribution in [0.15, 0.2) is 78.9 Å². The normalized spacial score (nSPS) is 10.5. The van der Waals surface area contributed by atoms with E-state index in [0.717, 1.165) is 11.1 Å². The molecule has 9 heteroatoms. The van der Waals surface area contributed by atoms with Gasteiger partial charge in [-0.2, -0.15) is 0 Å². The topological polar surface area (TPSA) is 95.1 Å². The van der Waals surface area contributed by atoms with Crippen LogP contribution in [-0.4, -0.2) is 26.4 Å². The maximum absolute atomic E-state index is 12.7. The van der Waals surface area contributed by atoms with E-state index in [0.29, 0.717) is 15.8 Å². The van der Waals surface area contributed by atoms with Crippen LogP contribution in [0.25, 0.3) is 10.8 Å². The fourth-order valence-electron chi connectivity index (χ4n) is 3.72. The average Bonchev–Trinajstić information content (AvgIpc) is 2.92. The highest BCUT2D eigenvalue weighted by molar-refractivity contribution is 6.31. The van der Waals surface area contributed by atoms with Gasteiger partial charge in [-0.05, 0) is 29.3 Å². The first-order chi connectivity index (χ1) is 18.0. The molecule has 0 unspecified atom stereocenters. The number of carbonyl (C=O) groups excluding carboxylic acids is 2. The van der Waals surface area contributed by atoms with Gasteiger partial charge in [-0.3, -0.25) is 0 Å². The number of ether oxygens (including phenoxy) is 4. The number of rotatable bonds is 8. The van der Waals surface area contributed by atoms with Crippen LogP contribution >= 0.6 is 11.6 Å². The summed E-state index contributed by atoms with van der Waals surface area (Å²) in [6.07, 6.45) is -1.41. The maximum Gasteiger partial charge on any atom is 0.413 e. The number of fused-ring (bicyclic) bond motifs is 1. The summed E-state index contributed by atoms with van der Waals surface area (Å²) >= 11 is 6.26. The summed E-state index contributed by atoms with van der Waals surface area (Å²) in [5.74, 6) is 0.309. The number of nitrogens with one attached hydrogen (secondary N) is 2. The molecule has 0 bridgehead atoms. The van der Waals surface area contributed by atoms with Crippen molar-refractivity contribution in [1.29, 1.82) is 0 Å². The van der Waals surface area contributed by atoms with E-state index < -0.39 is 12.2 Å². The zero-order valence-corrected chi connectivity index (χ0v) is 21.0. The van der Waals surface area contributed by atoms with Crippen molar-refractivity contribution in [3.63, 3.8) is 0 Å². The zero-order chi connectivity index (χ0) is 26.2. The van der Waals surface area contributed by atoms with Crippen molar-refractivity contribution in [2.75, 3.05) is 14.2 Å². The minimum Gasteiger partial charge on any atom is -0.490 e. The molecule has 0 heterocycles. The van der Waals surface area contributed by atoms with E-state index in [4.69, 9.17) is 30.5 Å². The molecule has 8 nitrogen and oxygen atoms in total. The van der Waals surface area contributed by atoms with Crippen molar-refractivity contribution >= 4 is 34.6 Å². The molecule has 4 rings (SSSR count). The van der Waals surface area contributed by atoms with Gasteiger partial charge < -0.3 is 29.6 Å². The Labute approximate surface area is 219 Å². The molecule has 4 aromatic rings. The molecule has 0 spiro atoms. The summed E-state index contributed by atoms with van der Waals surface area (Å²) in [7, 11) is 2.79. The van der Waals surface area contributed by atoms with Gasteiger partial charge in [-0.1, -0.05) is 72.3 Å². The summed E-state index contributed by atoms with van der Waals surface area (Å²) in [5, 5.41) is 6.63. The van der Waals surface area contributed by atoms with Gasteiger partial charge in [0, 0.05) is 28.9 Å². The monoisotopic (exact) mass is 520 g/mol. The van der Waals surface area contributed by atoms with Crippen molar-refractivity contribution in [2.24, 2.45) is 0 Å². The summed E-state index contributed by atoms with van der Waals surface area (Å²) in [6, 6.07) is 23.7. The van der Waals surface area contributed by atoms with Crippen LogP contribution in [0.1, 0.15) is 11.1 Å². The molecule has 0 radical (unpaired) electrons. The number of halogens is 1. The molecule has 0 aliphatic heterocycles. The number of amides is 2. The number of benzene rings is 4. The third-order valence-electron chi connectivity index (χ3n) is 5.45. The molecular weight excluding hydrogens is 496 g/mol. The Balaban J connectivity index is 1.65. The lowest BCUT2D eigenvalue weighted by Gasteiger charge is -2.20. The summed E-state index contributed by atoms with van der Waals surface area (Å²) in [4.78, 5) is 25.4. The maximum atomic E-state index is 12.7. The van der Waals surface area contributed by atoms with E-state index >= 15 is 0 Å². The van der Waals surface area contributed by atoms with Crippen LogP contribution < -0.4 is 29.6 Å². The average molecular weight is 521 g/mol. The first-order valence-corrected chi connectivity index (χ1v) is 11.7. The first kappa shape index (κ1) is 25.7. The summed E-state index contributed by atoms with van der Waals surface area (Å²) in [5.41, 5.74) is 1.81. The first-order valence-electron chi connectivity index (χ1n) is 11.4. The Morgan fingerprint density at radius 2 is 1.11 bits per heavy atom. The highest BCUT2D eigenvalue weighted by Crippen LogP contribution is 2.51. The number of hydrogen-bond acceptors (Lipinski definition) is 6. The highest BCUT2D eigenvalue weighted by Gasteiger charge is 2.27. The summed E-state index contributed by atoms with van der Waals surface area (Å²) in [6.45, 7) is 0.534. The van der Waals surface area contributed by atoms with Gasteiger partial charge in [-0.25, -0.2) is 9.59 Å². The molecule has 0 saturated heterocycles. The fourth-order valence-corrected chi connectivity index (χ4v) is 3.90. The number of hydrogen-bond donors (Lipinski definition) is 2. The van der Waals surface area contributed by atoms with E-state index in [1.807, 2.05) is 60.7 Å². The largest absolute Gasteiger partial charge is 0.490 e. The molecule has 4 aromatic carbocycles. The molecule has 0 aliphatic rings. The van der Waals surface area contributed by atoms with E-state index in [-0.39, 0.29) is 36.1 Å². The smallest absolute Gasteiger partial charge is 0.413 e. The molecule has 190 valence electrons. The molecule has 37 heavy (non-hydrogen) atoms. The molecule has 0 fully saturated rings. The van der Waals surface area contributed by atoms with Crippen LogP contribution in [-0.2, 0) is 13.1 Å². The van der Waals surface area contributed by atoms with Crippen molar-refractivity contribution in [3.05, 3.63) is 95.0 Å². The minimum atomic E-state index is -0.709. The van der Waals surface area contributed by atoms with E-state index in [1.165, 1.54) is 14.2 Å². The van der Waals surface area contributed by atoms with Crippen LogP contribution in [0.3, 0.4) is 0 Å². The predicted molar refractivity (Wildman–Crippen MR) is 141 cm³/mol. The second-order valence-electron chi connectivity index (χ2n) is 7.87. The quantitative estimate of drug-likeness (QED) is 0.292. The molecule has 2 N–H and O–H groups in total. The van der Waals surface area contributed by atoms with Crippen molar-refractivity contribution in [1.82, 2.24) is 10.6 Å². The van der Waals surface area contributed by atoms with E-state index in [2.05, 4.69) is 10.6 Å². The molecule has 0 aliphatic carbocycles. The Bertz CT molecular complexity index is 1400. The van der Waals surface area contributed by atoms with Gasteiger partial charge in [0.25, 0.3) is 0 Å². The Morgan fingerprint density at radius 1 is 0.649 bits per heavy atom. The van der Waals surface area contributed by atoms with Gasteiger partial charge >= 0.3 is 12.2 Å². The van der Waals surface area contributed by atoms with Gasteiger partial charge in [-0.15, -0.1) is 0 Å². The minimum absolute atomic E-state index is 0.0676. The van der Waals surface area contributed by atoms with Crippen molar-refractivity contribution in [2.45, 2.75) is 13.1 Å². The fraction of sp³-hybridized carbons (Fsp3) is 0.143. The molecule has 2 amide bonds. The number of carbonyl (C=O) groups is 2. The van der Waals surface area contributed by atoms with Crippen molar-refractivity contribution in [3.8, 4) is 23.0 Å². The van der Waals surface area contributed by atoms with Gasteiger partial charge in [0.15, 0.2) is 11.5 Å². The van der Waals surface area contributed by atoms with Crippen LogP contribution in [0.2, 0.25) is 5.02 Å². The Hall–Kier alpha value is -4.43. The Kier molecular flexibility index (Phi) is 8.33. The molecule has 0 aromatic heterocycles. The second-order valence-corrected chi connectivity index (χ2v) is 8.31. The van der Waals surface area contributed by atoms with Crippen LogP contribution in [0.4, 0.5) is 9.59 Å². The summed E-state index contributed by atoms with van der Waals surface area (Å²) < 4.78 is 22.4. The standard InChI is InChI=1S/C28H25ClN2O6/c1-34-25-23(36-27(32)30-16-18-9-5-3-6-10-18)21-14-13-20(29)15-22(21)24(26(25)35-2)37-28(33)31-17-19-11-7-4-8-12-19/h3-15H,16-17H2,1-2H3,(H,30,32)(H,31,33). The van der Waals surface area contributed by atoms with Crippen LogP contribution in [0, 0.1) is 0 Å². The number of methoxy groups -OCH3 is 2. The van der Waals surface area contributed by atoms with Gasteiger partial charge in [0.05, 0.1) is 14.2 Å². The lowest BCUT2D eigenvalue weighted by molar-refractivity contribution is 0.194. The van der Waals surface area contributed by atoms with E-state index in [1.54, 1.807) is 18.2 Å². The second kappa shape index (κ2) is 12.0. The third kappa shape index (κ3) is 6.23. The predicted octanol–water partition coefficient (Wildman–Crippen LogP) is 6.09. The lowest BCUT2D eigenvalue weighted by Crippen LogP contribution is -2.27. The molecule has 0 atom stereocenters. The SMILES string of the molecule is COc1c(OC)c(OC(=O)NCc2ccccc2)c2cc(Cl)ccc2c1OC(=O)NCc1ccccc1. The zero-order valence-electron chi connectivity index (χ0n) is 20.2. The van der Waals surface area contributed by atoms with Gasteiger partial charge in [0.1, 0.15) is 0 Å². The lowest BCUT2D eigenvalue weighted by atomic mass is 10.1. The highest BCUT2D eigenvalue weighted by atomic mass is 35.5. The van der Waals surface area contributed by atoms with Crippen molar-refractivity contribution < 1.29 is 28.5 Å². The van der Waals surface area contributed by atoms with E-state index in [9.17, 15) is 9.59 Å². The Morgan fingerprint density at radius 3 is 1.57 bits per heavy atom. The molecular formula is C28H25ClN2O6. The van der Waals surface area contributed by atoms with Gasteiger partial charge in [0.2, 0.25) is 11.5 Å².